The van der Waals surface area contributed by atoms with Gasteiger partial charge in [-0.1, -0.05) is 38.8 Å². The van der Waals surface area contributed by atoms with E-state index in [9.17, 15) is 0 Å². The van der Waals surface area contributed by atoms with Crippen molar-refractivity contribution in [3.8, 4) is 0 Å². The smallest absolute Gasteiger partial charge is 0.671 e. The summed E-state index contributed by atoms with van der Waals surface area (Å²) in [5.41, 5.74) is 0. The quantitative estimate of drug-likeness (QED) is 0.543. The molecule has 0 bridgehead atoms. The molecule has 0 aromatic carbocycles. The Morgan fingerprint density at radius 1 is 1.00 bits per heavy atom. The zero-order valence-corrected chi connectivity index (χ0v) is 16.0. The first-order chi connectivity index (χ1) is 8.08. The molecule has 0 N–H and O–H groups in total. The maximum atomic E-state index is 4.21. The van der Waals surface area contributed by atoms with Crippen molar-refractivity contribution >= 4 is 6.71 Å². The van der Waals surface area contributed by atoms with Crippen LogP contribution in [0.25, 0.3) is 16.0 Å². The average molecular weight is 303 g/mol. The van der Waals surface area contributed by atoms with Gasteiger partial charge in [0, 0.05) is 0 Å². The normalized spacial score (nSPS) is 19.7. The molecule has 1 fully saturated rings. The maximum Gasteiger partial charge on any atom is 4.00 e. The third-order valence-corrected chi connectivity index (χ3v) is 3.13. The number of hydrogen-bond donors (Lipinski definition) is 0. The molecule has 1 saturated carbocycles. The zero-order valence-electron chi connectivity index (χ0n) is 14.4. The second kappa shape index (κ2) is 21.0. The van der Waals surface area contributed by atoms with Crippen LogP contribution in [-0.2, 0) is 21.7 Å². The van der Waals surface area contributed by atoms with Gasteiger partial charge in [0.05, 0.1) is 0 Å². The van der Waals surface area contributed by atoms with Gasteiger partial charge in [-0.05, 0) is 5.92 Å². The fourth-order valence-corrected chi connectivity index (χ4v) is 2.44. The topological polar surface area (TPSA) is 42.3 Å². The predicted molar refractivity (Wildman–Crippen MR) is 89.4 cm³/mol. The van der Waals surface area contributed by atoms with Crippen molar-refractivity contribution in [3.05, 3.63) is 23.4 Å². The molecule has 0 amide bonds. The van der Waals surface area contributed by atoms with Crippen LogP contribution in [0, 0.1) is 13.3 Å². The Kier molecular flexibility index (Phi) is 30.8. The van der Waals surface area contributed by atoms with Crippen LogP contribution in [0.1, 0.15) is 26.2 Å². The van der Waals surface area contributed by atoms with Crippen LogP contribution in [0.4, 0.5) is 0 Å². The average Bonchev–Trinajstić information content (AvgIpc) is 2.67. The molecule has 5 heteroatoms. The van der Waals surface area contributed by atoms with Gasteiger partial charge in [-0.25, -0.2) is 0 Å². The minimum absolute atomic E-state index is 0. The van der Waals surface area contributed by atoms with Gasteiger partial charge >= 0.3 is 21.7 Å². The summed E-state index contributed by atoms with van der Waals surface area (Å²) in [6, 6.07) is 0. The van der Waals surface area contributed by atoms with E-state index < -0.39 is 0 Å². The Morgan fingerprint density at radius 2 is 1.42 bits per heavy atom. The summed E-state index contributed by atoms with van der Waals surface area (Å²) in [6.07, 6.45) is 5.39. The SMILES string of the molecule is C[N-]C.C[N-]C.C[N-]CB(C)C1CCC[C@@H]1C.[CH3-].[Ti+4]. The second-order valence-corrected chi connectivity index (χ2v) is 4.94. The molecule has 1 rings (SSSR count). The fraction of sp³-hybridized carbons (Fsp3) is 0.929. The fourth-order valence-electron chi connectivity index (χ4n) is 2.44. The van der Waals surface area contributed by atoms with Gasteiger partial charge in [0.1, 0.15) is 6.71 Å². The standard InChI is InChI=1S/C9H19BN.2C2H6N.CH3.Ti/c1-8-5-4-6-9(8)10(2)7-11-3;2*1-3-2;;/h8-9H,4-7H2,1-3H3;2*1-2H3;1H3;/q4*-1;+4/t8-,9?;;;;/m0..../s1. The van der Waals surface area contributed by atoms with Crippen molar-refractivity contribution in [2.24, 2.45) is 5.92 Å². The summed E-state index contributed by atoms with van der Waals surface area (Å²) in [5, 5.41) is 11.2. The summed E-state index contributed by atoms with van der Waals surface area (Å²) in [5.74, 6) is 1.91. The Bertz CT molecular complexity index is 149. The maximum absolute atomic E-state index is 4.21. The van der Waals surface area contributed by atoms with Crippen molar-refractivity contribution < 1.29 is 21.7 Å². The molecule has 0 radical (unpaired) electrons. The largest absolute Gasteiger partial charge is 4.00 e. The van der Waals surface area contributed by atoms with E-state index in [1.54, 1.807) is 28.2 Å². The van der Waals surface area contributed by atoms with E-state index in [1.165, 1.54) is 19.3 Å². The molecule has 0 saturated heterocycles. The van der Waals surface area contributed by atoms with E-state index >= 15 is 0 Å². The molecule has 1 unspecified atom stereocenters. The van der Waals surface area contributed by atoms with Gasteiger partial charge in [-0.3, -0.25) is 0 Å². The van der Waals surface area contributed by atoms with Gasteiger partial charge < -0.3 is 23.4 Å². The predicted octanol–water partition coefficient (Wildman–Crippen LogP) is 4.53. The molecule has 0 aliphatic heterocycles. The third-order valence-electron chi connectivity index (χ3n) is 3.13. The second-order valence-electron chi connectivity index (χ2n) is 4.94. The Labute approximate surface area is 138 Å². The number of hydrogen-bond acceptors (Lipinski definition) is 0. The van der Waals surface area contributed by atoms with E-state index in [0.29, 0.717) is 0 Å². The summed E-state index contributed by atoms with van der Waals surface area (Å²) in [6.45, 7) is 5.56. The molecule has 0 aromatic rings. The van der Waals surface area contributed by atoms with Gasteiger partial charge in [-0.2, -0.15) is 41.7 Å². The zero-order chi connectivity index (χ0) is 13.7. The van der Waals surface area contributed by atoms with E-state index in [1.807, 2.05) is 7.05 Å². The molecular formula is C14H34BN3Ti. The van der Waals surface area contributed by atoms with Crippen molar-refractivity contribution in [1.82, 2.24) is 0 Å². The molecule has 0 aromatic heterocycles. The monoisotopic (exact) mass is 303 g/mol. The van der Waals surface area contributed by atoms with Gasteiger partial charge in [0.2, 0.25) is 0 Å². The third kappa shape index (κ3) is 16.6. The molecule has 0 spiro atoms. The number of rotatable bonds is 3. The molecule has 3 nitrogen and oxygen atoms in total. The summed E-state index contributed by atoms with van der Waals surface area (Å²) >= 11 is 0. The van der Waals surface area contributed by atoms with Crippen LogP contribution in [0.3, 0.4) is 0 Å². The van der Waals surface area contributed by atoms with E-state index in [4.69, 9.17) is 0 Å². The number of nitrogens with zero attached hydrogens (tertiary/aromatic N) is 3. The van der Waals surface area contributed by atoms with Crippen LogP contribution >= 0.6 is 0 Å². The van der Waals surface area contributed by atoms with E-state index in [2.05, 4.69) is 29.7 Å². The van der Waals surface area contributed by atoms with Crippen LogP contribution in [-0.4, -0.2) is 48.4 Å². The first-order valence-corrected chi connectivity index (χ1v) is 6.60. The summed E-state index contributed by atoms with van der Waals surface area (Å²) < 4.78 is 0. The minimum atomic E-state index is 0. The van der Waals surface area contributed by atoms with Crippen LogP contribution in [0.2, 0.25) is 12.6 Å². The van der Waals surface area contributed by atoms with Crippen molar-refractivity contribution in [2.75, 3.05) is 41.7 Å². The van der Waals surface area contributed by atoms with Crippen LogP contribution in [0.5, 0.6) is 0 Å². The molecule has 1 aliphatic rings. The molecule has 0 heterocycles. The summed E-state index contributed by atoms with van der Waals surface area (Å²) in [7, 11) is 8.93. The van der Waals surface area contributed by atoms with Gasteiger partial charge in [0.15, 0.2) is 0 Å². The Morgan fingerprint density at radius 3 is 1.68 bits per heavy atom. The first-order valence-electron chi connectivity index (χ1n) is 6.60. The van der Waals surface area contributed by atoms with Crippen molar-refractivity contribution in [3.63, 3.8) is 0 Å². The van der Waals surface area contributed by atoms with E-state index in [-0.39, 0.29) is 29.1 Å². The van der Waals surface area contributed by atoms with Crippen LogP contribution in [0.15, 0.2) is 0 Å². The minimum Gasteiger partial charge on any atom is -0.671 e. The molecule has 112 valence electrons. The first kappa shape index (κ1) is 27.9. The van der Waals surface area contributed by atoms with Crippen molar-refractivity contribution in [1.29, 1.82) is 0 Å². The van der Waals surface area contributed by atoms with Gasteiger partial charge in [-0.15, -0.1) is 0 Å². The van der Waals surface area contributed by atoms with Crippen molar-refractivity contribution in [2.45, 2.75) is 38.8 Å². The molecule has 1 aliphatic carbocycles. The Balaban J connectivity index is -0.000000122. The van der Waals surface area contributed by atoms with E-state index in [0.717, 1.165) is 24.9 Å². The van der Waals surface area contributed by atoms with Crippen LogP contribution < -0.4 is 0 Å². The molecule has 2 atom stereocenters. The molecule has 19 heavy (non-hydrogen) atoms. The Hall–Kier alpha value is 0.659. The molecular weight excluding hydrogens is 269 g/mol. The summed E-state index contributed by atoms with van der Waals surface area (Å²) in [4.78, 5) is 0. The van der Waals surface area contributed by atoms with Gasteiger partial charge in [0.25, 0.3) is 0 Å².